The molecule has 0 radical (unpaired) electrons. The fourth-order valence-electron chi connectivity index (χ4n) is 1.21. The molecule has 0 aliphatic heterocycles. The smallest absolute Gasteiger partial charge is 0.0274 e. The molecular weight excluding hydrogens is 202 g/mol. The molecule has 0 bridgehead atoms. The Morgan fingerprint density at radius 2 is 1.94 bits per heavy atom. The number of aromatic nitrogens is 1. The van der Waals surface area contributed by atoms with Crippen molar-refractivity contribution in [2.24, 2.45) is 5.10 Å². The van der Waals surface area contributed by atoms with Gasteiger partial charge in [0.05, 0.1) is 0 Å². The third-order valence-electron chi connectivity index (χ3n) is 2.01. The molecule has 0 atom stereocenters. The number of hydrogen-bond donors (Lipinski definition) is 1. The number of hydrazone groups is 1. The predicted molar refractivity (Wildman–Crippen MR) is 60.3 cm³/mol. The van der Waals surface area contributed by atoms with Gasteiger partial charge in [-0.05, 0) is 23.3 Å². The Labute approximate surface area is 93.3 Å². The van der Waals surface area contributed by atoms with Crippen molar-refractivity contribution >= 4 is 5.90 Å². The zero-order valence-electron chi connectivity index (χ0n) is 8.50. The summed E-state index contributed by atoms with van der Waals surface area (Å²) in [5, 5.41) is 15.2. The molecule has 0 saturated heterocycles. The lowest BCUT2D eigenvalue weighted by Crippen LogP contribution is -2.21. The van der Waals surface area contributed by atoms with Gasteiger partial charge in [-0.15, -0.1) is 0 Å². The molecule has 1 heterocycles. The van der Waals surface area contributed by atoms with Crippen molar-refractivity contribution in [3.05, 3.63) is 66.2 Å². The first-order valence-corrected chi connectivity index (χ1v) is 4.82. The zero-order valence-corrected chi connectivity index (χ0v) is 8.50. The first-order valence-electron chi connectivity index (χ1n) is 4.82. The number of hydrogen-bond acceptors (Lipinski definition) is 4. The molecule has 2 rings (SSSR count). The Kier molecular flexibility index (Phi) is 3.13. The van der Waals surface area contributed by atoms with Crippen LogP contribution in [0.3, 0.4) is 0 Å². The van der Waals surface area contributed by atoms with Crippen LogP contribution in [0.2, 0.25) is 0 Å². The summed E-state index contributed by atoms with van der Waals surface area (Å²) < 4.78 is 0. The van der Waals surface area contributed by atoms with Gasteiger partial charge in [-0.25, -0.2) is 0 Å². The topological polar surface area (TPSA) is 60.3 Å². The Morgan fingerprint density at radius 1 is 1.25 bits per heavy atom. The molecule has 1 N–H and O–H groups in total. The second-order valence-electron chi connectivity index (χ2n) is 3.14. The highest BCUT2D eigenvalue weighted by Gasteiger charge is 1.90. The fourth-order valence-corrected chi connectivity index (χ4v) is 1.21. The van der Waals surface area contributed by atoms with E-state index in [1.54, 1.807) is 30.7 Å². The van der Waals surface area contributed by atoms with E-state index < -0.39 is 0 Å². The van der Waals surface area contributed by atoms with Crippen molar-refractivity contribution in [2.45, 2.75) is 0 Å². The van der Waals surface area contributed by atoms with Gasteiger partial charge in [0.25, 0.3) is 0 Å². The monoisotopic (exact) mass is 212 g/mol. The number of nitrogens with one attached hydrogen (secondary N) is 1. The lowest BCUT2D eigenvalue weighted by molar-refractivity contribution is -0.213. The minimum absolute atomic E-state index is 0.315. The molecule has 0 fully saturated rings. The van der Waals surface area contributed by atoms with Gasteiger partial charge in [-0.2, -0.15) is 5.10 Å². The average molecular weight is 212 g/mol. The second-order valence-corrected chi connectivity index (χ2v) is 3.14. The lowest BCUT2D eigenvalue weighted by Gasteiger charge is -2.09. The third-order valence-corrected chi connectivity index (χ3v) is 2.01. The summed E-state index contributed by atoms with van der Waals surface area (Å²) >= 11 is 0. The van der Waals surface area contributed by atoms with E-state index in [0.717, 1.165) is 5.57 Å². The van der Waals surface area contributed by atoms with Crippen LogP contribution in [0.25, 0.3) is 0 Å². The molecule has 0 aromatic carbocycles. The van der Waals surface area contributed by atoms with E-state index in [4.69, 9.17) is 0 Å². The van der Waals surface area contributed by atoms with Gasteiger partial charge in [0.15, 0.2) is 0 Å². The van der Waals surface area contributed by atoms with Gasteiger partial charge >= 0.3 is 0 Å². The highest BCUT2D eigenvalue weighted by Crippen LogP contribution is 2.04. The number of pyridine rings is 1. The highest BCUT2D eigenvalue weighted by molar-refractivity contribution is 5.90. The molecule has 0 saturated carbocycles. The molecule has 4 heteroatoms. The van der Waals surface area contributed by atoms with Gasteiger partial charge in [-0.3, -0.25) is 10.4 Å². The predicted octanol–water partition coefficient (Wildman–Crippen LogP) is 0.703. The highest BCUT2D eigenvalue weighted by atomic mass is 16.3. The number of nitrogens with zero attached hydrogens (tertiary/aromatic N) is 2. The SMILES string of the molecule is [O-]C(=NNC=C1C=CC=C1)c1ccncc1. The molecule has 0 amide bonds. The van der Waals surface area contributed by atoms with Crippen molar-refractivity contribution in [3.8, 4) is 0 Å². The van der Waals surface area contributed by atoms with Crippen LogP contribution < -0.4 is 10.5 Å². The Bertz CT molecular complexity index is 458. The van der Waals surface area contributed by atoms with Crippen LogP contribution in [0.4, 0.5) is 0 Å². The van der Waals surface area contributed by atoms with Gasteiger partial charge in [-0.1, -0.05) is 24.3 Å². The van der Waals surface area contributed by atoms with E-state index in [-0.39, 0.29) is 5.90 Å². The van der Waals surface area contributed by atoms with E-state index in [1.165, 1.54) is 0 Å². The van der Waals surface area contributed by atoms with E-state index in [2.05, 4.69) is 15.5 Å². The molecule has 0 unspecified atom stereocenters. The van der Waals surface area contributed by atoms with Crippen LogP contribution in [0.15, 0.2) is 65.7 Å². The van der Waals surface area contributed by atoms with Crippen LogP contribution in [-0.2, 0) is 0 Å². The molecule has 4 nitrogen and oxygen atoms in total. The summed E-state index contributed by atoms with van der Waals surface area (Å²) in [5.41, 5.74) is 4.11. The van der Waals surface area contributed by atoms with Crippen LogP contribution >= 0.6 is 0 Å². The standard InChI is InChI=1S/C12H11N3O/c16-12(11-5-7-13-8-6-11)15-14-9-10-3-1-2-4-10/h1-9,14H,(H,15,16)/p-1. The van der Waals surface area contributed by atoms with Crippen molar-refractivity contribution in [2.75, 3.05) is 0 Å². The van der Waals surface area contributed by atoms with Crippen molar-refractivity contribution in [1.29, 1.82) is 0 Å². The minimum atomic E-state index is -0.315. The summed E-state index contributed by atoms with van der Waals surface area (Å²) in [7, 11) is 0. The van der Waals surface area contributed by atoms with Crippen LogP contribution in [0.1, 0.15) is 5.56 Å². The minimum Gasteiger partial charge on any atom is -0.857 e. The summed E-state index contributed by atoms with van der Waals surface area (Å²) in [5.74, 6) is -0.315. The van der Waals surface area contributed by atoms with Gasteiger partial charge < -0.3 is 5.11 Å². The Morgan fingerprint density at radius 3 is 2.62 bits per heavy atom. The first kappa shape index (κ1) is 10.2. The van der Waals surface area contributed by atoms with Crippen molar-refractivity contribution in [3.63, 3.8) is 0 Å². The second kappa shape index (κ2) is 4.93. The quantitative estimate of drug-likeness (QED) is 0.456. The Balaban J connectivity index is 2.00. The largest absolute Gasteiger partial charge is 0.857 e. The molecule has 1 aromatic heterocycles. The molecule has 1 aromatic rings. The van der Waals surface area contributed by atoms with Crippen molar-refractivity contribution in [1.82, 2.24) is 10.4 Å². The van der Waals surface area contributed by atoms with E-state index in [1.807, 2.05) is 24.3 Å². The summed E-state index contributed by atoms with van der Waals surface area (Å²) in [6.45, 7) is 0. The average Bonchev–Trinajstić information content (AvgIpc) is 2.83. The Hall–Kier alpha value is -2.36. The lowest BCUT2D eigenvalue weighted by atomic mass is 10.3. The molecule has 80 valence electrons. The maximum atomic E-state index is 11.5. The molecule has 16 heavy (non-hydrogen) atoms. The van der Waals surface area contributed by atoms with Crippen LogP contribution in [0, 0.1) is 0 Å². The maximum absolute atomic E-state index is 11.5. The van der Waals surface area contributed by atoms with Gasteiger partial charge in [0.1, 0.15) is 0 Å². The molecule has 1 aliphatic carbocycles. The summed E-state index contributed by atoms with van der Waals surface area (Å²) in [6.07, 6.45) is 12.4. The molecular formula is C12H10N3O-. The van der Waals surface area contributed by atoms with Crippen LogP contribution in [-0.4, -0.2) is 10.9 Å². The fraction of sp³-hybridized carbons (Fsp3) is 0. The van der Waals surface area contributed by atoms with Crippen LogP contribution in [0.5, 0.6) is 0 Å². The van der Waals surface area contributed by atoms with E-state index in [9.17, 15) is 5.11 Å². The van der Waals surface area contributed by atoms with Crippen molar-refractivity contribution < 1.29 is 5.11 Å². The third kappa shape index (κ3) is 2.57. The maximum Gasteiger partial charge on any atom is 0.0274 e. The van der Waals surface area contributed by atoms with E-state index in [0.29, 0.717) is 5.56 Å². The molecule has 1 aliphatic rings. The number of allylic oxidation sites excluding steroid dienone is 5. The van der Waals surface area contributed by atoms with E-state index >= 15 is 0 Å². The summed E-state index contributed by atoms with van der Waals surface area (Å²) in [4.78, 5) is 3.83. The molecule has 0 spiro atoms. The van der Waals surface area contributed by atoms with Gasteiger partial charge in [0, 0.05) is 24.5 Å². The first-order chi connectivity index (χ1) is 7.86. The number of rotatable bonds is 3. The normalized spacial score (nSPS) is 14.2. The zero-order chi connectivity index (χ0) is 11.2. The summed E-state index contributed by atoms with van der Waals surface area (Å²) in [6, 6.07) is 3.24. The van der Waals surface area contributed by atoms with Gasteiger partial charge in [0.2, 0.25) is 0 Å².